The normalized spacial score (nSPS) is 12.4. The quantitative estimate of drug-likeness (QED) is 0.349. The van der Waals surface area contributed by atoms with E-state index >= 15 is 0 Å². The Kier molecular flexibility index (Phi) is 3.59. The third kappa shape index (κ3) is 6.05. The van der Waals surface area contributed by atoms with Gasteiger partial charge in [-0.2, -0.15) is 0 Å². The summed E-state index contributed by atoms with van der Waals surface area (Å²) in [4.78, 5) is 2.83. The van der Waals surface area contributed by atoms with Crippen LogP contribution in [0.5, 0.6) is 0 Å². The molecule has 0 aliphatic heterocycles. The summed E-state index contributed by atoms with van der Waals surface area (Å²) in [5.41, 5.74) is 8.38. The first-order valence-corrected chi connectivity index (χ1v) is 4.33. The van der Waals surface area contributed by atoms with Crippen molar-refractivity contribution in [2.45, 2.75) is 53.0 Å². The molecule has 0 aromatic heterocycles. The Balaban J connectivity index is 4.00. The molecular formula is C9H19N3. The van der Waals surface area contributed by atoms with E-state index in [4.69, 9.17) is 5.53 Å². The van der Waals surface area contributed by atoms with Gasteiger partial charge in [0, 0.05) is 10.5 Å². The third-order valence-corrected chi connectivity index (χ3v) is 1.80. The zero-order chi connectivity index (χ0) is 9.83. The minimum absolute atomic E-state index is 0.234. The van der Waals surface area contributed by atoms with E-state index in [1.807, 2.05) is 13.8 Å². The molecule has 0 aromatic carbocycles. The maximum Gasteiger partial charge on any atom is 0.0432 e. The molecule has 0 fully saturated rings. The summed E-state index contributed by atoms with van der Waals surface area (Å²) >= 11 is 0. The van der Waals surface area contributed by atoms with Gasteiger partial charge >= 0.3 is 0 Å². The molecule has 0 heterocycles. The van der Waals surface area contributed by atoms with Gasteiger partial charge in [-0.25, -0.2) is 0 Å². The van der Waals surface area contributed by atoms with E-state index in [0.717, 1.165) is 12.8 Å². The number of nitrogens with zero attached hydrogens (tertiary/aromatic N) is 3. The number of azide groups is 1. The van der Waals surface area contributed by atoms with Gasteiger partial charge in [-0.1, -0.05) is 39.7 Å². The van der Waals surface area contributed by atoms with Gasteiger partial charge in [0.05, 0.1) is 0 Å². The molecule has 3 nitrogen and oxygen atoms in total. The first-order valence-electron chi connectivity index (χ1n) is 4.33. The van der Waals surface area contributed by atoms with Crippen LogP contribution in [0.15, 0.2) is 5.11 Å². The van der Waals surface area contributed by atoms with E-state index in [-0.39, 0.29) is 5.54 Å². The van der Waals surface area contributed by atoms with E-state index in [1.165, 1.54) is 0 Å². The van der Waals surface area contributed by atoms with Crippen LogP contribution in [0.3, 0.4) is 0 Å². The summed E-state index contributed by atoms with van der Waals surface area (Å²) in [6.07, 6.45) is 2.03. The number of rotatable bonds is 3. The molecule has 0 saturated heterocycles. The average molecular weight is 169 g/mol. The SMILES string of the molecule is CC(C)(C)CCC(C)(C)N=[N+]=[N-]. The molecule has 0 N–H and O–H groups in total. The molecule has 0 aromatic rings. The highest BCUT2D eigenvalue weighted by Gasteiger charge is 2.19. The summed E-state index contributed by atoms with van der Waals surface area (Å²) in [5.74, 6) is 0. The van der Waals surface area contributed by atoms with E-state index in [0.29, 0.717) is 5.41 Å². The highest BCUT2D eigenvalue weighted by atomic mass is 15.2. The Labute approximate surface area is 74.8 Å². The fourth-order valence-corrected chi connectivity index (χ4v) is 0.852. The lowest BCUT2D eigenvalue weighted by Gasteiger charge is -2.24. The Morgan fingerprint density at radius 1 is 1.08 bits per heavy atom. The Hall–Kier alpha value is -0.690. The van der Waals surface area contributed by atoms with E-state index in [9.17, 15) is 0 Å². The zero-order valence-electron chi connectivity index (χ0n) is 8.76. The second-order valence-electron chi connectivity index (χ2n) is 5.06. The molecule has 0 atom stereocenters. The summed E-state index contributed by atoms with van der Waals surface area (Å²) in [6, 6.07) is 0. The molecule has 0 aliphatic rings. The van der Waals surface area contributed by atoms with Crippen LogP contribution >= 0.6 is 0 Å². The lowest BCUT2D eigenvalue weighted by atomic mass is 9.85. The molecular weight excluding hydrogens is 150 g/mol. The van der Waals surface area contributed by atoms with Crippen molar-refractivity contribution >= 4 is 0 Å². The largest absolute Gasteiger partial charge is 0.0878 e. The van der Waals surface area contributed by atoms with Gasteiger partial charge in [0.1, 0.15) is 0 Å². The van der Waals surface area contributed by atoms with Gasteiger partial charge in [-0.3, -0.25) is 0 Å². The highest BCUT2D eigenvalue weighted by Crippen LogP contribution is 2.27. The van der Waals surface area contributed by atoms with Crippen molar-refractivity contribution in [2.75, 3.05) is 0 Å². The van der Waals surface area contributed by atoms with Crippen molar-refractivity contribution in [2.24, 2.45) is 10.5 Å². The van der Waals surface area contributed by atoms with Crippen LogP contribution in [-0.2, 0) is 0 Å². The predicted molar refractivity (Wildman–Crippen MR) is 51.9 cm³/mol. The molecule has 70 valence electrons. The highest BCUT2D eigenvalue weighted by molar-refractivity contribution is 4.79. The van der Waals surface area contributed by atoms with Gasteiger partial charge in [0.15, 0.2) is 0 Å². The molecule has 0 amide bonds. The maximum atomic E-state index is 8.29. The van der Waals surface area contributed by atoms with Crippen molar-refractivity contribution in [3.8, 4) is 0 Å². The van der Waals surface area contributed by atoms with Crippen molar-refractivity contribution in [1.29, 1.82) is 0 Å². The second kappa shape index (κ2) is 3.81. The molecule has 0 radical (unpaired) electrons. The lowest BCUT2D eigenvalue weighted by molar-refractivity contribution is 0.316. The van der Waals surface area contributed by atoms with Crippen LogP contribution in [0.4, 0.5) is 0 Å². The van der Waals surface area contributed by atoms with Gasteiger partial charge in [-0.05, 0) is 23.8 Å². The van der Waals surface area contributed by atoms with Crippen LogP contribution in [0.2, 0.25) is 0 Å². The second-order valence-corrected chi connectivity index (χ2v) is 5.06. The summed E-state index contributed by atoms with van der Waals surface area (Å²) in [6.45, 7) is 10.5. The monoisotopic (exact) mass is 169 g/mol. The zero-order valence-corrected chi connectivity index (χ0v) is 8.76. The van der Waals surface area contributed by atoms with Crippen molar-refractivity contribution in [3.05, 3.63) is 10.4 Å². The first kappa shape index (κ1) is 11.3. The van der Waals surface area contributed by atoms with Gasteiger partial charge in [0.2, 0.25) is 0 Å². The molecule has 3 heteroatoms. The van der Waals surface area contributed by atoms with Gasteiger partial charge in [-0.15, -0.1) is 0 Å². The van der Waals surface area contributed by atoms with Crippen LogP contribution in [-0.4, -0.2) is 5.54 Å². The van der Waals surface area contributed by atoms with Crippen LogP contribution in [0.25, 0.3) is 10.4 Å². The van der Waals surface area contributed by atoms with Gasteiger partial charge in [0.25, 0.3) is 0 Å². The Bertz CT molecular complexity index is 182. The fourth-order valence-electron chi connectivity index (χ4n) is 0.852. The Morgan fingerprint density at radius 3 is 1.92 bits per heavy atom. The maximum absolute atomic E-state index is 8.29. The van der Waals surface area contributed by atoms with Gasteiger partial charge < -0.3 is 0 Å². The standard InChI is InChI=1S/C9H19N3/c1-8(2,3)6-7-9(4,5)11-12-10/h6-7H2,1-5H3. The van der Waals surface area contributed by atoms with E-state index in [2.05, 4.69) is 30.8 Å². The van der Waals surface area contributed by atoms with E-state index in [1.54, 1.807) is 0 Å². The van der Waals surface area contributed by atoms with Crippen molar-refractivity contribution < 1.29 is 0 Å². The fraction of sp³-hybridized carbons (Fsp3) is 1.00. The molecule has 0 spiro atoms. The number of hydrogen-bond donors (Lipinski definition) is 0. The van der Waals surface area contributed by atoms with Crippen LogP contribution in [0, 0.1) is 5.41 Å². The Morgan fingerprint density at radius 2 is 1.58 bits per heavy atom. The topological polar surface area (TPSA) is 48.8 Å². The van der Waals surface area contributed by atoms with Crippen LogP contribution < -0.4 is 0 Å². The smallest absolute Gasteiger partial charge is 0.0432 e. The summed E-state index contributed by atoms with van der Waals surface area (Å²) in [5, 5.41) is 3.74. The molecule has 0 bridgehead atoms. The van der Waals surface area contributed by atoms with E-state index < -0.39 is 0 Å². The summed E-state index contributed by atoms with van der Waals surface area (Å²) < 4.78 is 0. The van der Waals surface area contributed by atoms with Crippen molar-refractivity contribution in [1.82, 2.24) is 0 Å². The third-order valence-electron chi connectivity index (χ3n) is 1.80. The molecule has 0 aliphatic carbocycles. The van der Waals surface area contributed by atoms with Crippen LogP contribution in [0.1, 0.15) is 47.5 Å². The predicted octanol–water partition coefficient (Wildman–Crippen LogP) is 3.90. The molecule has 0 rings (SSSR count). The molecule has 12 heavy (non-hydrogen) atoms. The number of hydrogen-bond acceptors (Lipinski definition) is 1. The van der Waals surface area contributed by atoms with Crippen molar-refractivity contribution in [3.63, 3.8) is 0 Å². The minimum Gasteiger partial charge on any atom is -0.0878 e. The minimum atomic E-state index is -0.234. The average Bonchev–Trinajstić information content (AvgIpc) is 1.83. The lowest BCUT2D eigenvalue weighted by Crippen LogP contribution is -2.19. The summed E-state index contributed by atoms with van der Waals surface area (Å²) in [7, 11) is 0. The molecule has 0 unspecified atom stereocenters. The molecule has 0 saturated carbocycles. The first-order chi connectivity index (χ1) is 5.27.